The van der Waals surface area contributed by atoms with Crippen molar-refractivity contribution in [1.82, 2.24) is 9.80 Å². The molecule has 2 atom stereocenters. The van der Waals surface area contributed by atoms with Gasteiger partial charge in [0.1, 0.15) is 0 Å². The average Bonchev–Trinajstić information content (AvgIpc) is 3.19. The van der Waals surface area contributed by atoms with Crippen molar-refractivity contribution in [2.24, 2.45) is 11.3 Å². The van der Waals surface area contributed by atoms with Crippen LogP contribution in [0.5, 0.6) is 0 Å². The van der Waals surface area contributed by atoms with Crippen LogP contribution in [0.4, 0.5) is 0 Å². The second-order valence-electron chi connectivity index (χ2n) is 6.84. The molecule has 25 heavy (non-hydrogen) atoms. The van der Waals surface area contributed by atoms with Gasteiger partial charge in [0, 0.05) is 44.4 Å². The van der Waals surface area contributed by atoms with Crippen LogP contribution < -0.4 is 0 Å². The molecule has 0 unspecified atom stereocenters. The Labute approximate surface area is 151 Å². The van der Waals surface area contributed by atoms with Crippen molar-refractivity contribution >= 4 is 29.1 Å². The molecule has 0 spiro atoms. The Kier molecular flexibility index (Phi) is 5.13. The van der Waals surface area contributed by atoms with Gasteiger partial charge in [0.2, 0.25) is 5.91 Å². The monoisotopic (exact) mass is 364 g/mol. The molecule has 0 saturated carbocycles. The third kappa shape index (κ3) is 3.29. The Hall–Kier alpha value is -1.89. The first-order valence-corrected chi connectivity index (χ1v) is 9.66. The topological polar surface area (TPSA) is 66.9 Å². The van der Waals surface area contributed by atoms with E-state index >= 15 is 0 Å². The Bertz CT molecular complexity index is 660. The normalized spacial score (nSPS) is 26.1. The fourth-order valence-corrected chi connectivity index (χ4v) is 4.66. The standard InChI is InChI=1S/C18H24N2O4S/c1-3-24-17(23)18-6-4-7-19(16(22)14-5-8-25-11-14)9-15(18)10-20(12-18)13(2)21/h5,8,11,15H,3-4,6-7,9-10,12H2,1-2H3/t15-,18-/m0/s1. The minimum Gasteiger partial charge on any atom is -0.466 e. The van der Waals surface area contributed by atoms with Crippen molar-refractivity contribution in [3.8, 4) is 0 Å². The maximum Gasteiger partial charge on any atom is 0.314 e. The van der Waals surface area contributed by atoms with E-state index in [0.717, 1.165) is 6.42 Å². The Morgan fingerprint density at radius 3 is 2.72 bits per heavy atom. The lowest BCUT2D eigenvalue weighted by molar-refractivity contribution is -0.157. The zero-order valence-corrected chi connectivity index (χ0v) is 15.5. The molecule has 6 nitrogen and oxygen atoms in total. The molecule has 1 aromatic rings. The number of hydrogen-bond acceptors (Lipinski definition) is 5. The number of nitrogens with zero attached hydrogens (tertiary/aromatic N) is 2. The van der Waals surface area contributed by atoms with Gasteiger partial charge >= 0.3 is 5.97 Å². The second kappa shape index (κ2) is 7.15. The lowest BCUT2D eigenvalue weighted by atomic mass is 9.75. The van der Waals surface area contributed by atoms with E-state index in [9.17, 15) is 14.4 Å². The van der Waals surface area contributed by atoms with E-state index in [1.165, 1.54) is 18.3 Å². The molecule has 136 valence electrons. The lowest BCUT2D eigenvalue weighted by Crippen LogP contribution is -2.43. The van der Waals surface area contributed by atoms with Crippen molar-refractivity contribution in [2.75, 3.05) is 32.8 Å². The van der Waals surface area contributed by atoms with Gasteiger partial charge < -0.3 is 14.5 Å². The highest BCUT2D eigenvalue weighted by molar-refractivity contribution is 7.08. The second-order valence-corrected chi connectivity index (χ2v) is 7.62. The highest BCUT2D eigenvalue weighted by Gasteiger charge is 2.55. The van der Waals surface area contributed by atoms with Gasteiger partial charge in [-0.2, -0.15) is 11.3 Å². The summed E-state index contributed by atoms with van der Waals surface area (Å²) in [5, 5.41) is 3.74. The number of amides is 2. The molecule has 2 fully saturated rings. The molecule has 7 heteroatoms. The van der Waals surface area contributed by atoms with Crippen LogP contribution in [0.25, 0.3) is 0 Å². The summed E-state index contributed by atoms with van der Waals surface area (Å²) in [4.78, 5) is 41.0. The summed E-state index contributed by atoms with van der Waals surface area (Å²) in [7, 11) is 0. The highest BCUT2D eigenvalue weighted by atomic mass is 32.1. The largest absolute Gasteiger partial charge is 0.466 e. The van der Waals surface area contributed by atoms with Crippen molar-refractivity contribution in [3.63, 3.8) is 0 Å². The molecule has 1 aromatic heterocycles. The molecule has 2 aliphatic rings. The fraction of sp³-hybridized carbons (Fsp3) is 0.611. The van der Waals surface area contributed by atoms with E-state index in [-0.39, 0.29) is 23.7 Å². The van der Waals surface area contributed by atoms with E-state index in [0.29, 0.717) is 44.8 Å². The number of hydrogen-bond donors (Lipinski definition) is 0. The van der Waals surface area contributed by atoms with Gasteiger partial charge in [0.25, 0.3) is 5.91 Å². The number of thiophene rings is 1. The Balaban J connectivity index is 1.86. The highest BCUT2D eigenvalue weighted by Crippen LogP contribution is 2.44. The molecule has 3 rings (SSSR count). The van der Waals surface area contributed by atoms with Crippen LogP contribution in [0.2, 0.25) is 0 Å². The van der Waals surface area contributed by atoms with E-state index in [1.807, 2.05) is 21.7 Å². The summed E-state index contributed by atoms with van der Waals surface area (Å²) in [6.45, 7) is 5.66. The summed E-state index contributed by atoms with van der Waals surface area (Å²) in [6.07, 6.45) is 1.38. The van der Waals surface area contributed by atoms with Crippen molar-refractivity contribution in [3.05, 3.63) is 22.4 Å². The van der Waals surface area contributed by atoms with Crippen molar-refractivity contribution < 1.29 is 19.1 Å². The van der Waals surface area contributed by atoms with Gasteiger partial charge in [-0.3, -0.25) is 14.4 Å². The smallest absolute Gasteiger partial charge is 0.314 e. The number of ether oxygens (including phenoxy) is 1. The van der Waals surface area contributed by atoms with Crippen LogP contribution in [0, 0.1) is 11.3 Å². The first-order valence-electron chi connectivity index (χ1n) is 8.72. The summed E-state index contributed by atoms with van der Waals surface area (Å²) in [6, 6.07) is 1.83. The molecular weight excluding hydrogens is 340 g/mol. The van der Waals surface area contributed by atoms with Crippen LogP contribution in [0.15, 0.2) is 16.8 Å². The van der Waals surface area contributed by atoms with Crippen molar-refractivity contribution in [2.45, 2.75) is 26.7 Å². The van der Waals surface area contributed by atoms with Gasteiger partial charge in [0.15, 0.2) is 0 Å². The molecule has 0 N–H and O–H groups in total. The van der Waals surface area contributed by atoms with Crippen molar-refractivity contribution in [1.29, 1.82) is 0 Å². The lowest BCUT2D eigenvalue weighted by Gasteiger charge is -2.31. The minimum absolute atomic E-state index is 0.00202. The molecular formula is C18H24N2O4S. The van der Waals surface area contributed by atoms with E-state index in [2.05, 4.69) is 0 Å². The minimum atomic E-state index is -0.689. The maximum atomic E-state index is 12.8. The van der Waals surface area contributed by atoms with Crippen LogP contribution in [-0.4, -0.2) is 60.4 Å². The predicted molar refractivity (Wildman–Crippen MR) is 94.3 cm³/mol. The molecule has 0 aromatic carbocycles. The first kappa shape index (κ1) is 17.9. The van der Waals surface area contributed by atoms with Gasteiger partial charge in [-0.1, -0.05) is 0 Å². The molecule has 0 bridgehead atoms. The molecule has 2 saturated heterocycles. The quantitative estimate of drug-likeness (QED) is 0.770. The third-order valence-corrected chi connectivity index (χ3v) is 6.05. The maximum absolute atomic E-state index is 12.8. The Morgan fingerprint density at radius 2 is 2.08 bits per heavy atom. The SMILES string of the molecule is CCOC(=O)[C@]12CCCN(C(=O)c3ccsc3)C[C@H]1CN(C(C)=O)C2. The van der Waals surface area contributed by atoms with Gasteiger partial charge in [-0.15, -0.1) is 0 Å². The number of esters is 1. The summed E-state index contributed by atoms with van der Waals surface area (Å²) >= 11 is 1.50. The third-order valence-electron chi connectivity index (χ3n) is 5.37. The summed E-state index contributed by atoms with van der Waals surface area (Å²) < 4.78 is 5.36. The zero-order valence-electron chi connectivity index (χ0n) is 14.7. The number of fused-ring (bicyclic) bond motifs is 1. The fourth-order valence-electron chi connectivity index (χ4n) is 4.03. The van der Waals surface area contributed by atoms with Crippen LogP contribution >= 0.6 is 11.3 Å². The van der Waals surface area contributed by atoms with Gasteiger partial charge in [-0.25, -0.2) is 0 Å². The number of rotatable bonds is 3. The number of likely N-dealkylation sites (tertiary alicyclic amines) is 2. The molecule has 0 radical (unpaired) electrons. The zero-order chi connectivity index (χ0) is 18.0. The van der Waals surface area contributed by atoms with E-state index in [4.69, 9.17) is 4.74 Å². The summed E-state index contributed by atoms with van der Waals surface area (Å²) in [5.74, 6) is -0.344. The van der Waals surface area contributed by atoms with Crippen LogP contribution in [0.1, 0.15) is 37.0 Å². The predicted octanol–water partition coefficient (Wildman–Crippen LogP) is 2.01. The average molecular weight is 364 g/mol. The van der Waals surface area contributed by atoms with E-state index in [1.54, 1.807) is 11.8 Å². The van der Waals surface area contributed by atoms with Crippen LogP contribution in [-0.2, 0) is 14.3 Å². The van der Waals surface area contributed by atoms with Gasteiger partial charge in [-0.05, 0) is 31.2 Å². The van der Waals surface area contributed by atoms with E-state index < -0.39 is 5.41 Å². The van der Waals surface area contributed by atoms with Gasteiger partial charge in [0.05, 0.1) is 17.6 Å². The molecule has 2 aliphatic heterocycles. The van der Waals surface area contributed by atoms with Crippen LogP contribution in [0.3, 0.4) is 0 Å². The first-order chi connectivity index (χ1) is 12.0. The molecule has 3 heterocycles. The summed E-state index contributed by atoms with van der Waals surface area (Å²) in [5.41, 5.74) is 0.000736. The molecule has 0 aliphatic carbocycles. The number of carbonyl (C=O) groups is 3. The number of carbonyl (C=O) groups excluding carboxylic acids is 3. The molecule has 2 amide bonds. The Morgan fingerprint density at radius 1 is 1.32 bits per heavy atom.